The number of halogens is 1. The van der Waals surface area contributed by atoms with Crippen LogP contribution in [0.25, 0.3) is 0 Å². The highest BCUT2D eigenvalue weighted by molar-refractivity contribution is 5.16. The van der Waals surface area contributed by atoms with Crippen molar-refractivity contribution >= 4 is 0 Å². The summed E-state index contributed by atoms with van der Waals surface area (Å²) in [7, 11) is 0. The van der Waals surface area contributed by atoms with Crippen LogP contribution in [-0.4, -0.2) is 9.55 Å². The Bertz CT molecular complexity index is 477. The average molecular weight is 219 g/mol. The van der Waals surface area contributed by atoms with Crippen molar-refractivity contribution in [3.63, 3.8) is 0 Å². The zero-order valence-electron chi connectivity index (χ0n) is 9.10. The van der Waals surface area contributed by atoms with Gasteiger partial charge in [-0.25, -0.2) is 4.39 Å². The first-order valence-electron chi connectivity index (χ1n) is 5.17. The van der Waals surface area contributed by atoms with Crippen LogP contribution in [0.3, 0.4) is 0 Å². The maximum absolute atomic E-state index is 13.0. The lowest BCUT2D eigenvalue weighted by molar-refractivity contribution is 0.613. The highest BCUT2D eigenvalue weighted by Crippen LogP contribution is 2.13. The van der Waals surface area contributed by atoms with Crippen LogP contribution in [0.2, 0.25) is 0 Å². The van der Waals surface area contributed by atoms with Crippen LogP contribution in [0.1, 0.15) is 24.2 Å². The topological polar surface area (TPSA) is 43.8 Å². The maximum atomic E-state index is 13.0. The van der Waals surface area contributed by atoms with Crippen LogP contribution in [0.15, 0.2) is 36.8 Å². The summed E-state index contributed by atoms with van der Waals surface area (Å²) in [6.07, 6.45) is 4.79. The third-order valence-electron chi connectivity index (χ3n) is 2.45. The monoisotopic (exact) mass is 219 g/mol. The number of aromatic nitrogens is 2. The number of rotatable bonds is 3. The fourth-order valence-corrected chi connectivity index (χ4v) is 1.72. The highest BCUT2D eigenvalue weighted by atomic mass is 19.1. The first-order valence-corrected chi connectivity index (χ1v) is 5.17. The van der Waals surface area contributed by atoms with Crippen molar-refractivity contribution < 1.29 is 4.39 Å². The number of hydrogen-bond acceptors (Lipinski definition) is 2. The Morgan fingerprint density at radius 3 is 3.00 bits per heavy atom. The summed E-state index contributed by atoms with van der Waals surface area (Å²) in [5, 5.41) is 0. The summed E-state index contributed by atoms with van der Waals surface area (Å²) >= 11 is 0. The minimum Gasteiger partial charge on any atom is -0.346 e. The molecule has 1 unspecified atom stereocenters. The Morgan fingerprint density at radius 1 is 1.50 bits per heavy atom. The van der Waals surface area contributed by atoms with E-state index in [9.17, 15) is 4.39 Å². The first kappa shape index (κ1) is 10.8. The Morgan fingerprint density at radius 2 is 2.31 bits per heavy atom. The highest BCUT2D eigenvalue weighted by Gasteiger charge is 2.06. The first-order chi connectivity index (χ1) is 7.66. The van der Waals surface area contributed by atoms with Crippen molar-refractivity contribution in [3.05, 3.63) is 53.9 Å². The van der Waals surface area contributed by atoms with Crippen LogP contribution in [0, 0.1) is 5.82 Å². The molecule has 0 saturated carbocycles. The predicted molar refractivity (Wildman–Crippen MR) is 60.3 cm³/mol. The van der Waals surface area contributed by atoms with Gasteiger partial charge in [0.05, 0.1) is 6.20 Å². The molecule has 2 N–H and O–H groups in total. The van der Waals surface area contributed by atoms with Gasteiger partial charge in [-0.3, -0.25) is 4.98 Å². The summed E-state index contributed by atoms with van der Waals surface area (Å²) in [5.74, 6) is -0.313. The van der Waals surface area contributed by atoms with Crippen LogP contribution in [0.5, 0.6) is 0 Å². The molecule has 0 aliphatic rings. The van der Waals surface area contributed by atoms with E-state index in [-0.39, 0.29) is 11.9 Å². The molecule has 0 fully saturated rings. The second kappa shape index (κ2) is 4.45. The van der Waals surface area contributed by atoms with E-state index >= 15 is 0 Å². The molecule has 2 rings (SSSR count). The van der Waals surface area contributed by atoms with Gasteiger partial charge in [-0.2, -0.15) is 0 Å². The molecule has 0 aliphatic heterocycles. The molecular weight excluding hydrogens is 205 g/mol. The van der Waals surface area contributed by atoms with E-state index in [1.807, 2.05) is 29.8 Å². The van der Waals surface area contributed by atoms with Gasteiger partial charge in [0.25, 0.3) is 0 Å². The number of nitrogens with two attached hydrogens (primary N) is 1. The summed E-state index contributed by atoms with van der Waals surface area (Å²) in [6, 6.07) is 5.36. The number of nitrogens with zero attached hydrogens (tertiary/aromatic N) is 2. The third-order valence-corrected chi connectivity index (χ3v) is 2.45. The maximum Gasteiger partial charge on any atom is 0.141 e. The largest absolute Gasteiger partial charge is 0.346 e. The predicted octanol–water partition coefficient (Wildman–Crippen LogP) is 2.09. The normalized spacial score (nSPS) is 12.7. The van der Waals surface area contributed by atoms with Crippen molar-refractivity contribution in [3.8, 4) is 0 Å². The fourth-order valence-electron chi connectivity index (χ4n) is 1.72. The van der Waals surface area contributed by atoms with Crippen LogP contribution in [0.4, 0.5) is 4.39 Å². The van der Waals surface area contributed by atoms with Gasteiger partial charge >= 0.3 is 0 Å². The standard InChI is InChI=1S/C12H14FN3/c1-9(14)12-3-2-4-16(12)8-10-5-11(13)7-15-6-10/h2-7,9H,8,14H2,1H3. The van der Waals surface area contributed by atoms with E-state index < -0.39 is 0 Å². The van der Waals surface area contributed by atoms with Gasteiger partial charge in [0.15, 0.2) is 0 Å². The van der Waals surface area contributed by atoms with Crippen LogP contribution < -0.4 is 5.73 Å². The molecule has 0 bridgehead atoms. The SMILES string of the molecule is CC(N)c1cccn1Cc1cncc(F)c1. The Hall–Kier alpha value is -1.68. The second-order valence-corrected chi connectivity index (χ2v) is 3.86. The van der Waals surface area contributed by atoms with E-state index in [4.69, 9.17) is 5.73 Å². The van der Waals surface area contributed by atoms with Crippen molar-refractivity contribution in [2.45, 2.75) is 19.5 Å². The van der Waals surface area contributed by atoms with Gasteiger partial charge in [-0.15, -0.1) is 0 Å². The quantitative estimate of drug-likeness (QED) is 0.859. The molecule has 16 heavy (non-hydrogen) atoms. The summed E-state index contributed by atoms with van der Waals surface area (Å²) in [5.41, 5.74) is 7.70. The van der Waals surface area contributed by atoms with Gasteiger partial charge in [-0.05, 0) is 30.7 Å². The smallest absolute Gasteiger partial charge is 0.141 e. The average Bonchev–Trinajstić information content (AvgIpc) is 2.66. The molecule has 2 aromatic heterocycles. The van der Waals surface area contributed by atoms with E-state index in [1.54, 1.807) is 6.20 Å². The van der Waals surface area contributed by atoms with Gasteiger partial charge < -0.3 is 10.3 Å². The van der Waals surface area contributed by atoms with Crippen LogP contribution >= 0.6 is 0 Å². The minimum atomic E-state index is -0.313. The molecule has 0 radical (unpaired) electrons. The van der Waals surface area contributed by atoms with Crippen molar-refractivity contribution in [1.82, 2.24) is 9.55 Å². The molecule has 2 heterocycles. The van der Waals surface area contributed by atoms with E-state index in [0.29, 0.717) is 6.54 Å². The molecule has 4 heteroatoms. The van der Waals surface area contributed by atoms with E-state index in [2.05, 4.69) is 4.98 Å². The van der Waals surface area contributed by atoms with Gasteiger partial charge in [0, 0.05) is 30.7 Å². The van der Waals surface area contributed by atoms with Gasteiger partial charge in [0.2, 0.25) is 0 Å². The summed E-state index contributed by atoms with van der Waals surface area (Å²) in [4.78, 5) is 3.82. The lowest BCUT2D eigenvalue weighted by Gasteiger charge is -2.11. The molecule has 84 valence electrons. The number of pyridine rings is 1. The van der Waals surface area contributed by atoms with Crippen LogP contribution in [-0.2, 0) is 6.54 Å². The fraction of sp³-hybridized carbons (Fsp3) is 0.250. The Kier molecular flexibility index (Phi) is 3.01. The zero-order valence-corrected chi connectivity index (χ0v) is 9.10. The van der Waals surface area contributed by atoms with Crippen molar-refractivity contribution in [2.24, 2.45) is 5.73 Å². The van der Waals surface area contributed by atoms with E-state index in [1.165, 1.54) is 12.3 Å². The molecule has 0 aromatic carbocycles. The number of hydrogen-bond donors (Lipinski definition) is 1. The summed E-state index contributed by atoms with van der Waals surface area (Å²) < 4.78 is 15.0. The molecule has 0 saturated heterocycles. The Labute approximate surface area is 93.7 Å². The van der Waals surface area contributed by atoms with Gasteiger partial charge in [-0.1, -0.05) is 0 Å². The molecule has 1 atom stereocenters. The Balaban J connectivity index is 2.24. The second-order valence-electron chi connectivity index (χ2n) is 3.86. The molecular formula is C12H14FN3. The molecule has 0 spiro atoms. The summed E-state index contributed by atoms with van der Waals surface area (Å²) in [6.45, 7) is 2.52. The lowest BCUT2D eigenvalue weighted by Crippen LogP contribution is -2.12. The minimum absolute atomic E-state index is 0.0310. The van der Waals surface area contributed by atoms with Crippen molar-refractivity contribution in [1.29, 1.82) is 0 Å². The van der Waals surface area contributed by atoms with E-state index in [0.717, 1.165) is 11.3 Å². The molecule has 0 amide bonds. The molecule has 3 nitrogen and oxygen atoms in total. The molecule has 2 aromatic rings. The lowest BCUT2D eigenvalue weighted by atomic mass is 10.2. The van der Waals surface area contributed by atoms with Crippen molar-refractivity contribution in [2.75, 3.05) is 0 Å². The van der Waals surface area contributed by atoms with Gasteiger partial charge in [0.1, 0.15) is 5.82 Å². The zero-order chi connectivity index (χ0) is 11.5. The molecule has 0 aliphatic carbocycles. The third kappa shape index (κ3) is 2.28.